The number of carbonyl (C=O) groups is 1. The van der Waals surface area contributed by atoms with Gasteiger partial charge in [0.1, 0.15) is 11.9 Å². The van der Waals surface area contributed by atoms with Crippen molar-refractivity contribution in [1.29, 1.82) is 0 Å². The van der Waals surface area contributed by atoms with Crippen molar-refractivity contribution in [2.75, 3.05) is 6.54 Å². The van der Waals surface area contributed by atoms with Crippen LogP contribution in [0.3, 0.4) is 0 Å². The Kier molecular flexibility index (Phi) is 6.24. The van der Waals surface area contributed by atoms with Crippen molar-refractivity contribution in [3.63, 3.8) is 0 Å². The summed E-state index contributed by atoms with van der Waals surface area (Å²) in [6.45, 7) is 5.92. The molecule has 168 valence electrons. The quantitative estimate of drug-likeness (QED) is 0.542. The molecular formula is C23H24FN3O3S2. The number of halogens is 1. The van der Waals surface area contributed by atoms with Crippen LogP contribution >= 0.6 is 11.8 Å². The van der Waals surface area contributed by atoms with E-state index in [-0.39, 0.29) is 17.3 Å². The molecule has 1 aliphatic rings. The van der Waals surface area contributed by atoms with Gasteiger partial charge < -0.3 is 0 Å². The number of rotatable bonds is 5. The lowest BCUT2D eigenvalue weighted by molar-refractivity contribution is 0.0813. The topological polar surface area (TPSA) is 72.3 Å². The lowest BCUT2D eigenvalue weighted by Crippen LogP contribution is -2.43. The Bertz CT molecular complexity index is 1250. The van der Waals surface area contributed by atoms with E-state index in [0.717, 1.165) is 27.5 Å². The van der Waals surface area contributed by atoms with Crippen LogP contribution in [0.4, 0.5) is 4.39 Å². The molecule has 0 aliphatic carbocycles. The Hall–Kier alpha value is -2.49. The van der Waals surface area contributed by atoms with E-state index in [1.165, 1.54) is 32.9 Å². The van der Waals surface area contributed by atoms with Gasteiger partial charge in [-0.1, -0.05) is 29.5 Å². The number of benzene rings is 2. The Balaban J connectivity index is 1.62. The molecule has 1 aliphatic heterocycles. The fourth-order valence-electron chi connectivity index (χ4n) is 3.87. The van der Waals surface area contributed by atoms with Crippen LogP contribution in [0.5, 0.6) is 0 Å². The third-order valence-electron chi connectivity index (χ3n) is 5.58. The van der Waals surface area contributed by atoms with Crippen LogP contribution < -0.4 is 0 Å². The van der Waals surface area contributed by atoms with Crippen LogP contribution in [0.1, 0.15) is 34.6 Å². The molecule has 1 atom stereocenters. The standard InChI is InChI=1S/C23H24FN3O3S2/c1-15-6-10-19(11-7-15)31-22-16(2)25-27(17(22)3)23(28)21-5-4-14-26(21)32(29,30)20-12-8-18(24)9-13-20/h6-13,21H,4-5,14H2,1-3H3/t21-/m1/s1. The SMILES string of the molecule is Cc1ccc(Sc2c(C)nn(C(=O)[C@H]3CCCN3S(=O)(=O)c3ccc(F)cc3)c2C)cc1. The molecule has 1 saturated heterocycles. The van der Waals surface area contributed by atoms with Gasteiger partial charge in [-0.05, 0) is 70.0 Å². The van der Waals surface area contributed by atoms with Crippen LogP contribution in [0.15, 0.2) is 63.2 Å². The van der Waals surface area contributed by atoms with E-state index in [4.69, 9.17) is 0 Å². The largest absolute Gasteiger partial charge is 0.271 e. The summed E-state index contributed by atoms with van der Waals surface area (Å²) in [5, 5.41) is 4.44. The molecule has 0 amide bonds. The van der Waals surface area contributed by atoms with Crippen molar-refractivity contribution in [3.05, 3.63) is 71.3 Å². The zero-order chi connectivity index (χ0) is 23.0. The highest BCUT2D eigenvalue weighted by atomic mass is 32.2. The second-order valence-corrected chi connectivity index (χ2v) is 10.9. The van der Waals surface area contributed by atoms with Crippen LogP contribution in [-0.4, -0.2) is 41.0 Å². The fraction of sp³-hybridized carbons (Fsp3) is 0.304. The van der Waals surface area contributed by atoms with E-state index in [2.05, 4.69) is 5.10 Å². The first-order chi connectivity index (χ1) is 15.2. The number of sulfonamides is 1. The predicted molar refractivity (Wildman–Crippen MR) is 121 cm³/mol. The van der Waals surface area contributed by atoms with Crippen molar-refractivity contribution in [2.45, 2.75) is 54.3 Å². The fourth-order valence-corrected chi connectivity index (χ4v) is 6.45. The summed E-state index contributed by atoms with van der Waals surface area (Å²) in [6.07, 6.45) is 0.985. The maximum Gasteiger partial charge on any atom is 0.265 e. The molecule has 3 aromatic rings. The molecule has 0 bridgehead atoms. The first kappa shape index (κ1) is 22.7. The minimum Gasteiger partial charge on any atom is -0.271 e. The van der Waals surface area contributed by atoms with Crippen LogP contribution in [0.25, 0.3) is 0 Å². The van der Waals surface area contributed by atoms with Crippen molar-refractivity contribution in [3.8, 4) is 0 Å². The molecule has 0 unspecified atom stereocenters. The summed E-state index contributed by atoms with van der Waals surface area (Å²) in [5.74, 6) is -0.885. The monoisotopic (exact) mass is 473 g/mol. The second kappa shape index (κ2) is 8.80. The molecular weight excluding hydrogens is 449 g/mol. The molecule has 4 rings (SSSR count). The summed E-state index contributed by atoms with van der Waals surface area (Å²) in [4.78, 5) is 15.3. The molecule has 6 nitrogen and oxygen atoms in total. The summed E-state index contributed by atoms with van der Waals surface area (Å²) >= 11 is 1.53. The molecule has 0 spiro atoms. The maximum atomic E-state index is 13.4. The van der Waals surface area contributed by atoms with E-state index in [9.17, 15) is 17.6 Å². The molecule has 2 aromatic carbocycles. The Labute approximate surface area is 191 Å². The van der Waals surface area contributed by atoms with E-state index in [1.54, 1.807) is 0 Å². The molecule has 0 N–H and O–H groups in total. The highest BCUT2D eigenvalue weighted by molar-refractivity contribution is 7.99. The number of hydrogen-bond acceptors (Lipinski definition) is 5. The van der Waals surface area contributed by atoms with Gasteiger partial charge in [-0.2, -0.15) is 9.40 Å². The predicted octanol–water partition coefficient (Wildman–Crippen LogP) is 4.59. The molecule has 1 fully saturated rings. The second-order valence-electron chi connectivity index (χ2n) is 7.89. The summed E-state index contributed by atoms with van der Waals surface area (Å²) in [6, 6.07) is 11.9. The Morgan fingerprint density at radius 1 is 1.06 bits per heavy atom. The van der Waals surface area contributed by atoms with Gasteiger partial charge in [0.25, 0.3) is 5.91 Å². The average Bonchev–Trinajstić information content (AvgIpc) is 3.36. The van der Waals surface area contributed by atoms with Gasteiger partial charge in [0.2, 0.25) is 10.0 Å². The van der Waals surface area contributed by atoms with Gasteiger partial charge in [0.15, 0.2) is 0 Å². The number of hydrogen-bond donors (Lipinski definition) is 0. The average molecular weight is 474 g/mol. The van der Waals surface area contributed by atoms with Gasteiger partial charge in [-0.25, -0.2) is 17.5 Å². The molecule has 1 aromatic heterocycles. The first-order valence-electron chi connectivity index (χ1n) is 10.3. The number of carbonyl (C=O) groups excluding carboxylic acids is 1. The minimum absolute atomic E-state index is 0.0254. The third kappa shape index (κ3) is 4.24. The smallest absolute Gasteiger partial charge is 0.265 e. The lowest BCUT2D eigenvalue weighted by atomic mass is 10.2. The maximum absolute atomic E-state index is 13.4. The number of aryl methyl sites for hydroxylation is 2. The first-order valence-corrected chi connectivity index (χ1v) is 12.6. The number of aromatic nitrogens is 2. The summed E-state index contributed by atoms with van der Waals surface area (Å²) < 4.78 is 42.1. The Morgan fingerprint density at radius 3 is 2.38 bits per heavy atom. The normalized spacial score (nSPS) is 17.1. The van der Waals surface area contributed by atoms with Crippen molar-refractivity contribution < 1.29 is 17.6 Å². The molecule has 32 heavy (non-hydrogen) atoms. The molecule has 9 heteroatoms. The zero-order valence-electron chi connectivity index (χ0n) is 18.1. The zero-order valence-corrected chi connectivity index (χ0v) is 19.7. The summed E-state index contributed by atoms with van der Waals surface area (Å²) in [7, 11) is -3.93. The van der Waals surface area contributed by atoms with Gasteiger partial charge in [-0.15, -0.1) is 0 Å². The van der Waals surface area contributed by atoms with E-state index in [1.807, 2.05) is 45.0 Å². The highest BCUT2D eigenvalue weighted by Gasteiger charge is 2.41. The van der Waals surface area contributed by atoms with Gasteiger partial charge in [-0.3, -0.25) is 4.79 Å². The Morgan fingerprint density at radius 2 is 1.72 bits per heavy atom. The van der Waals surface area contributed by atoms with E-state index >= 15 is 0 Å². The highest BCUT2D eigenvalue weighted by Crippen LogP contribution is 2.34. The molecule has 0 saturated carbocycles. The third-order valence-corrected chi connectivity index (χ3v) is 8.81. The lowest BCUT2D eigenvalue weighted by Gasteiger charge is -2.23. The van der Waals surface area contributed by atoms with Crippen molar-refractivity contribution in [2.24, 2.45) is 0 Å². The van der Waals surface area contributed by atoms with Crippen molar-refractivity contribution in [1.82, 2.24) is 14.1 Å². The molecule has 0 radical (unpaired) electrons. The minimum atomic E-state index is -3.93. The van der Waals surface area contributed by atoms with Crippen LogP contribution in [0.2, 0.25) is 0 Å². The summed E-state index contributed by atoms with van der Waals surface area (Å²) in [5.41, 5.74) is 2.56. The van der Waals surface area contributed by atoms with Gasteiger partial charge in [0.05, 0.1) is 21.2 Å². The van der Waals surface area contributed by atoms with E-state index in [0.29, 0.717) is 24.2 Å². The van der Waals surface area contributed by atoms with E-state index < -0.39 is 21.9 Å². The van der Waals surface area contributed by atoms with Gasteiger partial charge >= 0.3 is 0 Å². The van der Waals surface area contributed by atoms with Crippen molar-refractivity contribution >= 4 is 27.7 Å². The van der Waals surface area contributed by atoms with Crippen LogP contribution in [-0.2, 0) is 10.0 Å². The number of nitrogens with zero attached hydrogens (tertiary/aromatic N) is 3. The molecule has 2 heterocycles. The van der Waals surface area contributed by atoms with Gasteiger partial charge in [0, 0.05) is 11.4 Å². The van der Waals surface area contributed by atoms with Crippen LogP contribution in [0, 0.1) is 26.6 Å².